The molecule has 0 aliphatic carbocycles. The Morgan fingerprint density at radius 2 is 2.09 bits per heavy atom. The first kappa shape index (κ1) is 10.7. The van der Waals surface area contributed by atoms with Crippen molar-refractivity contribution in [2.45, 2.75) is 20.3 Å². The highest BCUT2D eigenvalue weighted by molar-refractivity contribution is 7.58. The van der Waals surface area contributed by atoms with Crippen LogP contribution in [0, 0.1) is 0 Å². The average Bonchev–Trinajstić information content (AvgIpc) is 1.84. The zero-order chi connectivity index (χ0) is 8.91. The van der Waals surface area contributed by atoms with Gasteiger partial charge in [-0.15, -0.1) is 4.67 Å². The molecule has 0 bridgehead atoms. The summed E-state index contributed by atoms with van der Waals surface area (Å²) in [5, 5.41) is 0. The third-order valence-electron chi connectivity index (χ3n) is 0.942. The number of hydrogen-bond acceptors (Lipinski definition) is 4. The lowest BCUT2D eigenvalue weighted by Gasteiger charge is -2.08. The Morgan fingerprint density at radius 1 is 1.55 bits per heavy atom. The molecule has 0 spiro atoms. The fourth-order valence-corrected chi connectivity index (χ4v) is 1.72. The van der Waals surface area contributed by atoms with Gasteiger partial charge in [0.05, 0.1) is 0 Å². The van der Waals surface area contributed by atoms with Gasteiger partial charge in [-0.25, -0.2) is 4.79 Å². The Bertz CT molecular complexity index is 177. The van der Waals surface area contributed by atoms with Gasteiger partial charge in [0.2, 0.25) is 7.37 Å². The number of rotatable bonds is 4. The number of carbonyl (C=O) groups excluding carboxylic acids is 1. The number of carbonyl (C=O) groups is 1. The minimum absolute atomic E-state index is 0.431. The Labute approximate surface area is 66.3 Å². The van der Waals surface area contributed by atoms with Crippen LogP contribution in [0.4, 0.5) is 0 Å². The van der Waals surface area contributed by atoms with E-state index in [1.54, 1.807) is 0 Å². The van der Waals surface area contributed by atoms with E-state index in [0.29, 0.717) is 6.16 Å². The maximum Gasteiger partial charge on any atom is 0.339 e. The topological polar surface area (TPSA) is 52.6 Å². The highest BCUT2D eigenvalue weighted by Crippen LogP contribution is 2.42. The van der Waals surface area contributed by atoms with Crippen LogP contribution >= 0.6 is 7.37 Å². The van der Waals surface area contributed by atoms with E-state index in [1.807, 2.05) is 6.92 Å². The standard InChI is InChI=1S/C6H13O4P/c1-4-5-11(3,8)10-9-6(2)7/h4-5H2,1-3H3. The van der Waals surface area contributed by atoms with Gasteiger partial charge in [0, 0.05) is 19.8 Å². The minimum atomic E-state index is -2.69. The molecule has 0 N–H and O–H groups in total. The monoisotopic (exact) mass is 180 g/mol. The molecule has 0 aliphatic rings. The summed E-state index contributed by atoms with van der Waals surface area (Å²) in [5.41, 5.74) is 0. The van der Waals surface area contributed by atoms with Crippen molar-refractivity contribution < 1.29 is 18.9 Å². The summed E-state index contributed by atoms with van der Waals surface area (Å²) in [6.07, 6.45) is 1.18. The van der Waals surface area contributed by atoms with Crippen LogP contribution in [-0.2, 0) is 18.9 Å². The molecule has 0 aliphatic heterocycles. The van der Waals surface area contributed by atoms with Crippen molar-refractivity contribution in [3.05, 3.63) is 0 Å². The third kappa shape index (κ3) is 6.07. The van der Waals surface area contributed by atoms with Crippen molar-refractivity contribution in [3.8, 4) is 0 Å². The van der Waals surface area contributed by atoms with Crippen molar-refractivity contribution in [2.75, 3.05) is 12.8 Å². The lowest BCUT2D eigenvalue weighted by atomic mass is 10.6. The molecule has 0 amide bonds. The van der Waals surface area contributed by atoms with E-state index in [-0.39, 0.29) is 0 Å². The van der Waals surface area contributed by atoms with Gasteiger partial charge >= 0.3 is 5.97 Å². The van der Waals surface area contributed by atoms with Gasteiger partial charge in [-0.2, -0.15) is 0 Å². The van der Waals surface area contributed by atoms with E-state index in [2.05, 4.69) is 9.56 Å². The van der Waals surface area contributed by atoms with Crippen LogP contribution in [0.5, 0.6) is 0 Å². The summed E-state index contributed by atoms with van der Waals surface area (Å²) >= 11 is 0. The molecular formula is C6H13O4P. The van der Waals surface area contributed by atoms with Gasteiger partial charge in [0.25, 0.3) is 0 Å². The van der Waals surface area contributed by atoms with Gasteiger partial charge in [0.1, 0.15) is 0 Å². The van der Waals surface area contributed by atoms with Crippen molar-refractivity contribution in [3.63, 3.8) is 0 Å². The van der Waals surface area contributed by atoms with Crippen LogP contribution in [0.3, 0.4) is 0 Å². The summed E-state index contributed by atoms with van der Waals surface area (Å²) in [4.78, 5) is 14.4. The van der Waals surface area contributed by atoms with E-state index in [9.17, 15) is 9.36 Å². The zero-order valence-corrected chi connectivity index (χ0v) is 7.89. The first-order valence-electron chi connectivity index (χ1n) is 3.41. The van der Waals surface area contributed by atoms with Crippen molar-refractivity contribution >= 4 is 13.3 Å². The molecule has 0 rings (SSSR count). The summed E-state index contributed by atoms with van der Waals surface area (Å²) in [7, 11) is -2.69. The molecule has 5 heteroatoms. The van der Waals surface area contributed by atoms with Crippen LogP contribution in [0.15, 0.2) is 0 Å². The number of hydrogen-bond donors (Lipinski definition) is 0. The van der Waals surface area contributed by atoms with Gasteiger partial charge in [-0.1, -0.05) is 6.92 Å². The van der Waals surface area contributed by atoms with Crippen LogP contribution in [0.1, 0.15) is 20.3 Å². The summed E-state index contributed by atoms with van der Waals surface area (Å²) < 4.78 is 15.7. The molecule has 0 saturated carbocycles. The first-order valence-corrected chi connectivity index (χ1v) is 5.67. The Balaban J connectivity index is 3.73. The van der Waals surface area contributed by atoms with E-state index >= 15 is 0 Å². The molecule has 0 radical (unpaired) electrons. The molecule has 0 saturated heterocycles. The van der Waals surface area contributed by atoms with Crippen LogP contribution < -0.4 is 0 Å². The second-order valence-electron chi connectivity index (χ2n) is 2.39. The van der Waals surface area contributed by atoms with Crippen LogP contribution in [0.2, 0.25) is 0 Å². The second kappa shape index (κ2) is 4.52. The molecule has 0 aromatic carbocycles. The lowest BCUT2D eigenvalue weighted by molar-refractivity contribution is -0.210. The predicted molar refractivity (Wildman–Crippen MR) is 41.5 cm³/mol. The molecule has 66 valence electrons. The summed E-state index contributed by atoms with van der Waals surface area (Å²) in [6, 6.07) is 0. The van der Waals surface area contributed by atoms with Crippen molar-refractivity contribution in [1.29, 1.82) is 0 Å². The molecule has 11 heavy (non-hydrogen) atoms. The molecule has 0 aromatic heterocycles. The first-order chi connectivity index (χ1) is 4.98. The fraction of sp³-hybridized carbons (Fsp3) is 0.833. The van der Waals surface area contributed by atoms with Gasteiger partial charge < -0.3 is 0 Å². The average molecular weight is 180 g/mol. The normalized spacial score (nSPS) is 15.5. The van der Waals surface area contributed by atoms with Crippen LogP contribution in [-0.4, -0.2) is 18.8 Å². The summed E-state index contributed by atoms with van der Waals surface area (Å²) in [6.45, 7) is 4.53. The van der Waals surface area contributed by atoms with Crippen molar-refractivity contribution in [2.24, 2.45) is 0 Å². The minimum Gasteiger partial charge on any atom is -0.292 e. The Morgan fingerprint density at radius 3 is 2.45 bits per heavy atom. The Hall–Kier alpha value is -0.340. The van der Waals surface area contributed by atoms with E-state index in [1.165, 1.54) is 13.6 Å². The Kier molecular flexibility index (Phi) is 4.38. The van der Waals surface area contributed by atoms with E-state index in [0.717, 1.165) is 6.42 Å². The van der Waals surface area contributed by atoms with Gasteiger partial charge in [0.15, 0.2) is 0 Å². The zero-order valence-electron chi connectivity index (χ0n) is 6.99. The van der Waals surface area contributed by atoms with E-state index < -0.39 is 13.3 Å². The van der Waals surface area contributed by atoms with Gasteiger partial charge in [-0.3, -0.25) is 9.45 Å². The smallest absolute Gasteiger partial charge is 0.292 e. The summed E-state index contributed by atoms with van der Waals surface area (Å²) in [5.74, 6) is -0.580. The molecule has 0 aromatic rings. The fourth-order valence-electron chi connectivity index (χ4n) is 0.575. The highest BCUT2D eigenvalue weighted by atomic mass is 31.2. The van der Waals surface area contributed by atoms with Crippen molar-refractivity contribution in [1.82, 2.24) is 0 Å². The quantitative estimate of drug-likeness (QED) is 0.376. The molecule has 1 unspecified atom stereocenters. The van der Waals surface area contributed by atoms with Gasteiger partial charge in [-0.05, 0) is 6.42 Å². The van der Waals surface area contributed by atoms with Crippen LogP contribution in [0.25, 0.3) is 0 Å². The second-order valence-corrected chi connectivity index (χ2v) is 5.01. The maximum absolute atomic E-state index is 11.2. The largest absolute Gasteiger partial charge is 0.339 e. The molecule has 1 atom stereocenters. The highest BCUT2D eigenvalue weighted by Gasteiger charge is 2.17. The molecule has 4 nitrogen and oxygen atoms in total. The molecular weight excluding hydrogens is 167 g/mol. The lowest BCUT2D eigenvalue weighted by Crippen LogP contribution is -2.00. The maximum atomic E-state index is 11.2. The SMILES string of the molecule is CCCP(C)(=O)OOC(C)=O. The molecule has 0 fully saturated rings. The van der Waals surface area contributed by atoms with E-state index in [4.69, 9.17) is 0 Å². The third-order valence-corrected chi connectivity index (χ3v) is 2.59. The predicted octanol–water partition coefficient (Wildman–Crippen LogP) is 1.80. The molecule has 0 heterocycles.